The Morgan fingerprint density at radius 2 is 1.74 bits per heavy atom. The lowest BCUT2D eigenvalue weighted by molar-refractivity contribution is 0.384. The fourth-order valence-corrected chi connectivity index (χ4v) is 3.51. The number of ether oxygens (including phenoxy) is 2. The van der Waals surface area contributed by atoms with E-state index in [1.165, 1.54) is 51.5 Å². The first-order valence-corrected chi connectivity index (χ1v) is 8.35. The van der Waals surface area contributed by atoms with Gasteiger partial charge in [-0.3, -0.25) is 4.72 Å². The predicted octanol–water partition coefficient (Wildman–Crippen LogP) is 3.61. The van der Waals surface area contributed by atoms with Gasteiger partial charge in [-0.05, 0) is 31.2 Å². The molecule has 0 heterocycles. The zero-order valence-corrected chi connectivity index (χ0v) is 14.3. The van der Waals surface area contributed by atoms with Gasteiger partial charge in [0.2, 0.25) is 0 Å². The Balaban J connectivity index is 2.46. The van der Waals surface area contributed by atoms with Crippen molar-refractivity contribution in [2.24, 2.45) is 0 Å². The Hall–Kier alpha value is -1.99. The van der Waals surface area contributed by atoms with E-state index in [0.717, 1.165) is 0 Å². The summed E-state index contributed by atoms with van der Waals surface area (Å²) in [5.74, 6) is -0.489. The van der Waals surface area contributed by atoms with E-state index >= 15 is 0 Å². The molecule has 0 bridgehead atoms. The van der Waals surface area contributed by atoms with Crippen molar-refractivity contribution in [3.8, 4) is 11.5 Å². The van der Waals surface area contributed by atoms with Crippen molar-refractivity contribution < 1.29 is 22.3 Å². The van der Waals surface area contributed by atoms with Gasteiger partial charge in [-0.25, -0.2) is 12.8 Å². The van der Waals surface area contributed by atoms with Crippen LogP contribution < -0.4 is 14.2 Å². The van der Waals surface area contributed by atoms with Crippen LogP contribution in [0.1, 0.15) is 5.56 Å². The van der Waals surface area contributed by atoms with Crippen molar-refractivity contribution in [1.29, 1.82) is 0 Å². The van der Waals surface area contributed by atoms with Crippen LogP contribution in [0.25, 0.3) is 0 Å². The van der Waals surface area contributed by atoms with E-state index in [-0.39, 0.29) is 27.6 Å². The van der Waals surface area contributed by atoms with Gasteiger partial charge in [0, 0.05) is 16.7 Å². The maximum absolute atomic E-state index is 14.1. The SMILES string of the molecule is COc1cc(Cl)ccc1NS(=O)(=O)c1ccc(OC)c(F)c1C. The lowest BCUT2D eigenvalue weighted by atomic mass is 10.2. The van der Waals surface area contributed by atoms with Gasteiger partial charge >= 0.3 is 0 Å². The fourth-order valence-electron chi connectivity index (χ4n) is 2.04. The Morgan fingerprint density at radius 3 is 2.35 bits per heavy atom. The van der Waals surface area contributed by atoms with E-state index in [1.54, 1.807) is 0 Å². The Labute approximate surface area is 139 Å². The molecule has 0 fully saturated rings. The summed E-state index contributed by atoms with van der Waals surface area (Å²) in [6, 6.07) is 7.00. The highest BCUT2D eigenvalue weighted by Crippen LogP contribution is 2.32. The number of benzene rings is 2. The standard InChI is InChI=1S/C15H15ClFNO4S/c1-9-14(7-6-12(21-2)15(9)17)23(19,20)18-11-5-4-10(16)8-13(11)22-3/h4-8,18H,1-3H3. The van der Waals surface area contributed by atoms with E-state index < -0.39 is 15.8 Å². The van der Waals surface area contributed by atoms with E-state index in [2.05, 4.69) is 4.72 Å². The first-order valence-electron chi connectivity index (χ1n) is 6.49. The van der Waals surface area contributed by atoms with Crippen molar-refractivity contribution in [3.05, 3.63) is 46.7 Å². The van der Waals surface area contributed by atoms with E-state index in [9.17, 15) is 12.8 Å². The second kappa shape index (κ2) is 6.64. The molecule has 0 atom stereocenters. The van der Waals surface area contributed by atoms with Crippen LogP contribution in [0.4, 0.5) is 10.1 Å². The molecular formula is C15H15ClFNO4S. The van der Waals surface area contributed by atoms with Gasteiger partial charge in [-0.1, -0.05) is 11.6 Å². The molecule has 5 nitrogen and oxygen atoms in total. The summed E-state index contributed by atoms with van der Waals surface area (Å²) in [7, 11) is -1.31. The number of nitrogens with one attached hydrogen (secondary N) is 1. The quantitative estimate of drug-likeness (QED) is 0.885. The summed E-state index contributed by atoms with van der Waals surface area (Å²) in [5.41, 5.74) is 0.164. The highest BCUT2D eigenvalue weighted by atomic mass is 35.5. The summed E-state index contributed by atoms with van der Waals surface area (Å²) < 4.78 is 51.4. The molecule has 0 unspecified atom stereocenters. The zero-order valence-electron chi connectivity index (χ0n) is 12.7. The number of rotatable bonds is 5. The summed E-state index contributed by atoms with van der Waals surface area (Å²) >= 11 is 5.84. The molecule has 0 aromatic heterocycles. The average Bonchev–Trinajstić information content (AvgIpc) is 2.51. The molecule has 1 N–H and O–H groups in total. The highest BCUT2D eigenvalue weighted by Gasteiger charge is 2.22. The minimum atomic E-state index is -4.01. The van der Waals surface area contributed by atoms with Gasteiger partial charge in [-0.2, -0.15) is 0 Å². The molecule has 0 aliphatic carbocycles. The molecule has 23 heavy (non-hydrogen) atoms. The summed E-state index contributed by atoms with van der Waals surface area (Å²) in [6.07, 6.45) is 0. The van der Waals surface area contributed by atoms with Crippen LogP contribution in [0.3, 0.4) is 0 Å². The van der Waals surface area contributed by atoms with Crippen molar-refractivity contribution in [3.63, 3.8) is 0 Å². The normalized spacial score (nSPS) is 11.2. The molecule has 0 saturated carbocycles. The molecule has 8 heteroatoms. The van der Waals surface area contributed by atoms with Gasteiger partial charge in [0.05, 0.1) is 24.8 Å². The topological polar surface area (TPSA) is 64.6 Å². The van der Waals surface area contributed by atoms with Crippen molar-refractivity contribution in [2.45, 2.75) is 11.8 Å². The minimum absolute atomic E-state index is 0.0227. The van der Waals surface area contributed by atoms with Gasteiger partial charge in [0.15, 0.2) is 11.6 Å². The Kier molecular flexibility index (Phi) is 5.01. The monoisotopic (exact) mass is 359 g/mol. The number of anilines is 1. The number of methoxy groups -OCH3 is 2. The van der Waals surface area contributed by atoms with Crippen LogP contribution in [0.2, 0.25) is 5.02 Å². The van der Waals surface area contributed by atoms with Crippen LogP contribution in [0.5, 0.6) is 11.5 Å². The lowest BCUT2D eigenvalue weighted by Gasteiger charge is -2.14. The first kappa shape index (κ1) is 17.4. The average molecular weight is 360 g/mol. The van der Waals surface area contributed by atoms with Crippen molar-refractivity contribution in [2.75, 3.05) is 18.9 Å². The van der Waals surface area contributed by atoms with Gasteiger partial charge in [0.25, 0.3) is 10.0 Å². The molecule has 0 aliphatic heterocycles. The molecule has 0 radical (unpaired) electrons. The zero-order chi connectivity index (χ0) is 17.2. The molecule has 2 rings (SSSR count). The third-order valence-electron chi connectivity index (χ3n) is 3.22. The smallest absolute Gasteiger partial charge is 0.262 e. The molecule has 2 aromatic rings. The first-order chi connectivity index (χ1) is 10.8. The second-order valence-electron chi connectivity index (χ2n) is 4.66. The maximum atomic E-state index is 14.1. The van der Waals surface area contributed by atoms with E-state index in [0.29, 0.717) is 5.02 Å². The number of halogens is 2. The molecule has 124 valence electrons. The molecule has 0 aliphatic rings. The maximum Gasteiger partial charge on any atom is 0.262 e. The van der Waals surface area contributed by atoms with Crippen LogP contribution >= 0.6 is 11.6 Å². The van der Waals surface area contributed by atoms with E-state index in [4.69, 9.17) is 21.1 Å². The Morgan fingerprint density at radius 1 is 1.09 bits per heavy atom. The third-order valence-corrected chi connectivity index (χ3v) is 4.96. The molecule has 0 spiro atoms. The lowest BCUT2D eigenvalue weighted by Crippen LogP contribution is -2.15. The third kappa shape index (κ3) is 3.51. The minimum Gasteiger partial charge on any atom is -0.495 e. The summed E-state index contributed by atoms with van der Waals surface area (Å²) in [4.78, 5) is -0.187. The number of sulfonamides is 1. The summed E-state index contributed by atoms with van der Waals surface area (Å²) in [6.45, 7) is 1.37. The van der Waals surface area contributed by atoms with Gasteiger partial charge in [-0.15, -0.1) is 0 Å². The molecule has 0 saturated heterocycles. The predicted molar refractivity (Wildman–Crippen MR) is 86.5 cm³/mol. The van der Waals surface area contributed by atoms with Crippen LogP contribution in [0, 0.1) is 12.7 Å². The van der Waals surface area contributed by atoms with Crippen LogP contribution in [0.15, 0.2) is 35.2 Å². The fraction of sp³-hybridized carbons (Fsp3) is 0.200. The van der Waals surface area contributed by atoms with Crippen LogP contribution in [-0.2, 0) is 10.0 Å². The van der Waals surface area contributed by atoms with Crippen molar-refractivity contribution >= 4 is 27.3 Å². The molecule has 0 amide bonds. The van der Waals surface area contributed by atoms with Gasteiger partial charge in [0.1, 0.15) is 5.75 Å². The molecule has 2 aromatic carbocycles. The van der Waals surface area contributed by atoms with Gasteiger partial charge < -0.3 is 9.47 Å². The summed E-state index contributed by atoms with van der Waals surface area (Å²) in [5, 5.41) is 0.400. The van der Waals surface area contributed by atoms with Crippen molar-refractivity contribution in [1.82, 2.24) is 0 Å². The second-order valence-corrected chi connectivity index (χ2v) is 6.74. The Bertz CT molecular complexity index is 840. The number of hydrogen-bond donors (Lipinski definition) is 1. The molecular weight excluding hydrogens is 345 g/mol. The number of hydrogen-bond acceptors (Lipinski definition) is 4. The largest absolute Gasteiger partial charge is 0.495 e. The van der Waals surface area contributed by atoms with E-state index in [1.807, 2.05) is 0 Å². The van der Waals surface area contributed by atoms with Crippen LogP contribution in [-0.4, -0.2) is 22.6 Å². The highest BCUT2D eigenvalue weighted by molar-refractivity contribution is 7.92.